The quantitative estimate of drug-likeness (QED) is 0.459. The van der Waals surface area contributed by atoms with Gasteiger partial charge in [0.2, 0.25) is 12.7 Å². The van der Waals surface area contributed by atoms with Gasteiger partial charge in [0.15, 0.2) is 17.1 Å². The van der Waals surface area contributed by atoms with Gasteiger partial charge in [0, 0.05) is 11.3 Å². The van der Waals surface area contributed by atoms with Crippen molar-refractivity contribution in [2.45, 2.75) is 13.3 Å². The first kappa shape index (κ1) is 18.5. The van der Waals surface area contributed by atoms with Gasteiger partial charge in [-0.2, -0.15) is 0 Å². The molecule has 0 aliphatic carbocycles. The van der Waals surface area contributed by atoms with Crippen molar-refractivity contribution in [1.82, 2.24) is 4.98 Å². The van der Waals surface area contributed by atoms with Crippen molar-refractivity contribution in [2.24, 2.45) is 0 Å². The maximum absolute atomic E-state index is 12.7. The third-order valence-electron chi connectivity index (χ3n) is 4.95. The summed E-state index contributed by atoms with van der Waals surface area (Å²) in [6, 6.07) is 16.2. The molecule has 1 aliphatic heterocycles. The number of carbonyl (C=O) groups excluding carboxylic acids is 1. The average Bonchev–Trinajstić information content (AvgIpc) is 3.40. The van der Waals surface area contributed by atoms with Crippen molar-refractivity contribution in [3.8, 4) is 23.0 Å². The number of benzene rings is 3. The van der Waals surface area contributed by atoms with Gasteiger partial charge in [-0.1, -0.05) is 24.6 Å². The number of rotatable bonds is 4. The highest BCUT2D eigenvalue weighted by Gasteiger charge is 2.18. The molecule has 5 rings (SSSR count). The fourth-order valence-electron chi connectivity index (χ4n) is 3.32. The molecule has 1 amide bonds. The first-order chi connectivity index (χ1) is 14.6. The summed E-state index contributed by atoms with van der Waals surface area (Å²) in [4.78, 5) is 17.3. The normalized spacial score (nSPS) is 12.3. The largest absolute Gasteiger partial charge is 0.454 e. The highest BCUT2D eigenvalue weighted by atomic mass is 35.5. The van der Waals surface area contributed by atoms with Crippen molar-refractivity contribution in [2.75, 3.05) is 12.1 Å². The van der Waals surface area contributed by atoms with E-state index >= 15 is 0 Å². The number of anilines is 1. The Balaban J connectivity index is 1.44. The van der Waals surface area contributed by atoms with Crippen LogP contribution in [0.3, 0.4) is 0 Å². The van der Waals surface area contributed by atoms with E-state index in [1.807, 2.05) is 18.2 Å². The van der Waals surface area contributed by atoms with Crippen molar-refractivity contribution >= 4 is 34.3 Å². The van der Waals surface area contributed by atoms with Crippen LogP contribution in [0.4, 0.5) is 5.69 Å². The molecule has 1 N–H and O–H groups in total. The maximum Gasteiger partial charge on any atom is 0.255 e. The third-order valence-corrected chi connectivity index (χ3v) is 5.28. The molecule has 7 heteroatoms. The minimum Gasteiger partial charge on any atom is -0.454 e. The lowest BCUT2D eigenvalue weighted by atomic mass is 10.1. The van der Waals surface area contributed by atoms with E-state index in [9.17, 15) is 4.79 Å². The van der Waals surface area contributed by atoms with Gasteiger partial charge in [0.05, 0.1) is 10.6 Å². The Morgan fingerprint density at radius 1 is 1.07 bits per heavy atom. The zero-order valence-corrected chi connectivity index (χ0v) is 16.8. The molecule has 0 radical (unpaired) electrons. The molecule has 0 fully saturated rings. The molecule has 0 saturated heterocycles. The summed E-state index contributed by atoms with van der Waals surface area (Å²) in [6.45, 7) is 2.25. The van der Waals surface area contributed by atoms with E-state index in [0.29, 0.717) is 44.8 Å². The number of aromatic nitrogens is 1. The van der Waals surface area contributed by atoms with Crippen LogP contribution in [-0.2, 0) is 6.42 Å². The lowest BCUT2D eigenvalue weighted by Gasteiger charge is -2.08. The summed E-state index contributed by atoms with van der Waals surface area (Å²) < 4.78 is 16.5. The Hall–Kier alpha value is -3.51. The minimum absolute atomic E-state index is 0.158. The van der Waals surface area contributed by atoms with Gasteiger partial charge in [-0.15, -0.1) is 0 Å². The molecule has 0 saturated carbocycles. The fraction of sp³-hybridized carbons (Fsp3) is 0.130. The Morgan fingerprint density at radius 2 is 1.93 bits per heavy atom. The lowest BCUT2D eigenvalue weighted by Crippen LogP contribution is -2.11. The van der Waals surface area contributed by atoms with Gasteiger partial charge in [-0.3, -0.25) is 4.79 Å². The number of hydrogen-bond acceptors (Lipinski definition) is 5. The Morgan fingerprint density at radius 3 is 2.80 bits per heavy atom. The van der Waals surface area contributed by atoms with Gasteiger partial charge in [0.1, 0.15) is 5.52 Å². The van der Waals surface area contributed by atoms with Crippen LogP contribution in [0.1, 0.15) is 22.8 Å². The van der Waals surface area contributed by atoms with E-state index in [1.54, 1.807) is 36.4 Å². The van der Waals surface area contributed by atoms with Gasteiger partial charge < -0.3 is 19.2 Å². The molecule has 2 heterocycles. The standard InChI is InChI=1S/C23H17ClN2O4/c1-2-13-3-7-19-18(9-13)26-23(30-19)16-11-15(5-6-17(16)24)25-22(27)14-4-8-20-21(10-14)29-12-28-20/h3-11H,2,12H2,1H3,(H,25,27). The van der Waals surface area contributed by atoms with Gasteiger partial charge >= 0.3 is 0 Å². The number of halogens is 1. The predicted octanol–water partition coefficient (Wildman–Crippen LogP) is 5.69. The SMILES string of the molecule is CCc1ccc2oc(-c3cc(NC(=O)c4ccc5c(c4)OCO5)ccc3Cl)nc2c1. The summed E-state index contributed by atoms with van der Waals surface area (Å²) in [7, 11) is 0. The average molecular weight is 421 g/mol. The van der Waals surface area contributed by atoms with Gasteiger partial charge in [0.25, 0.3) is 5.91 Å². The predicted molar refractivity (Wildman–Crippen MR) is 114 cm³/mol. The van der Waals surface area contributed by atoms with Crippen LogP contribution >= 0.6 is 11.6 Å². The molecular formula is C23H17ClN2O4. The molecule has 4 aromatic rings. The third kappa shape index (κ3) is 3.35. The molecule has 0 unspecified atom stereocenters. The van der Waals surface area contributed by atoms with Crippen LogP contribution in [0, 0.1) is 0 Å². The molecule has 6 nitrogen and oxygen atoms in total. The van der Waals surface area contributed by atoms with E-state index in [2.05, 4.69) is 17.2 Å². The zero-order valence-electron chi connectivity index (χ0n) is 16.1. The number of carbonyl (C=O) groups is 1. The van der Waals surface area contributed by atoms with E-state index in [1.165, 1.54) is 5.56 Å². The summed E-state index contributed by atoms with van der Waals surface area (Å²) >= 11 is 6.39. The molecule has 30 heavy (non-hydrogen) atoms. The fourth-order valence-corrected chi connectivity index (χ4v) is 3.51. The summed E-state index contributed by atoms with van der Waals surface area (Å²) in [5.41, 5.74) is 4.29. The second-order valence-electron chi connectivity index (χ2n) is 6.89. The van der Waals surface area contributed by atoms with Crippen molar-refractivity contribution in [3.63, 3.8) is 0 Å². The number of ether oxygens (including phenoxy) is 2. The van der Waals surface area contributed by atoms with Crippen LogP contribution in [0.25, 0.3) is 22.6 Å². The van der Waals surface area contributed by atoms with E-state index in [-0.39, 0.29) is 12.7 Å². The highest BCUT2D eigenvalue weighted by Crippen LogP contribution is 2.34. The van der Waals surface area contributed by atoms with Crippen molar-refractivity contribution in [3.05, 3.63) is 70.7 Å². The second-order valence-corrected chi connectivity index (χ2v) is 7.30. The van der Waals surface area contributed by atoms with Gasteiger partial charge in [-0.25, -0.2) is 4.98 Å². The molecular weight excluding hydrogens is 404 g/mol. The van der Waals surface area contributed by atoms with Crippen LogP contribution < -0.4 is 14.8 Å². The molecule has 0 spiro atoms. The number of hydrogen-bond donors (Lipinski definition) is 1. The van der Waals surface area contributed by atoms with Crippen LogP contribution in [0.15, 0.2) is 59.0 Å². The molecule has 1 aliphatic rings. The van der Waals surface area contributed by atoms with Crippen LogP contribution in [-0.4, -0.2) is 17.7 Å². The minimum atomic E-state index is -0.272. The number of amides is 1. The zero-order chi connectivity index (χ0) is 20.7. The molecule has 0 atom stereocenters. The van der Waals surface area contributed by atoms with Crippen molar-refractivity contribution < 1.29 is 18.7 Å². The molecule has 0 bridgehead atoms. The van der Waals surface area contributed by atoms with Gasteiger partial charge in [-0.05, 0) is 60.5 Å². The number of aryl methyl sites for hydroxylation is 1. The first-order valence-corrected chi connectivity index (χ1v) is 9.89. The van der Waals surface area contributed by atoms with E-state index in [4.69, 9.17) is 25.5 Å². The maximum atomic E-state index is 12.7. The first-order valence-electron chi connectivity index (χ1n) is 9.51. The van der Waals surface area contributed by atoms with E-state index in [0.717, 1.165) is 11.9 Å². The summed E-state index contributed by atoms with van der Waals surface area (Å²) in [6.07, 6.45) is 0.917. The summed E-state index contributed by atoms with van der Waals surface area (Å²) in [5, 5.41) is 3.36. The van der Waals surface area contributed by atoms with Crippen molar-refractivity contribution in [1.29, 1.82) is 0 Å². The topological polar surface area (TPSA) is 73.6 Å². The Kier molecular flexibility index (Phi) is 4.56. The lowest BCUT2D eigenvalue weighted by molar-refractivity contribution is 0.102. The Bertz CT molecular complexity index is 1280. The number of oxazole rings is 1. The molecule has 1 aromatic heterocycles. The number of nitrogens with zero attached hydrogens (tertiary/aromatic N) is 1. The molecule has 150 valence electrons. The smallest absolute Gasteiger partial charge is 0.255 e. The van der Waals surface area contributed by atoms with Crippen LogP contribution in [0.2, 0.25) is 5.02 Å². The molecule has 3 aromatic carbocycles. The highest BCUT2D eigenvalue weighted by molar-refractivity contribution is 6.33. The van der Waals surface area contributed by atoms with Crippen LogP contribution in [0.5, 0.6) is 11.5 Å². The Labute approximate surface area is 177 Å². The monoisotopic (exact) mass is 420 g/mol. The summed E-state index contributed by atoms with van der Waals surface area (Å²) in [5.74, 6) is 1.31. The number of fused-ring (bicyclic) bond motifs is 2. The van der Waals surface area contributed by atoms with E-state index < -0.39 is 0 Å². The number of nitrogens with one attached hydrogen (secondary N) is 1. The second kappa shape index (κ2) is 7.39.